The van der Waals surface area contributed by atoms with E-state index in [1.54, 1.807) is 0 Å². The Morgan fingerprint density at radius 3 is 2.44 bits per heavy atom. The summed E-state index contributed by atoms with van der Waals surface area (Å²) in [6.07, 6.45) is 12.5. The first-order valence-electron chi connectivity index (χ1n) is 7.20. The van der Waals surface area contributed by atoms with Gasteiger partial charge in [-0.1, -0.05) is 12.8 Å². The van der Waals surface area contributed by atoms with Crippen molar-refractivity contribution in [1.29, 1.82) is 0 Å². The average Bonchev–Trinajstić information content (AvgIpc) is 2.32. The lowest BCUT2D eigenvalue weighted by Crippen LogP contribution is -2.33. The van der Waals surface area contributed by atoms with Crippen molar-refractivity contribution in [3.8, 4) is 0 Å². The van der Waals surface area contributed by atoms with E-state index in [0.29, 0.717) is 6.04 Å². The molecular weight excluding hydrogens is 196 g/mol. The predicted molar refractivity (Wildman–Crippen MR) is 69.4 cm³/mol. The van der Waals surface area contributed by atoms with Crippen LogP contribution in [0.3, 0.4) is 0 Å². The van der Waals surface area contributed by atoms with Gasteiger partial charge < -0.3 is 11.1 Å². The first kappa shape index (κ1) is 12.4. The molecule has 2 heteroatoms. The van der Waals surface area contributed by atoms with Crippen LogP contribution in [0.25, 0.3) is 0 Å². The van der Waals surface area contributed by atoms with Crippen LogP contribution < -0.4 is 11.1 Å². The van der Waals surface area contributed by atoms with E-state index < -0.39 is 0 Å². The molecule has 0 amide bonds. The lowest BCUT2D eigenvalue weighted by molar-refractivity contribution is 0.214. The summed E-state index contributed by atoms with van der Waals surface area (Å²) < 4.78 is 0. The van der Waals surface area contributed by atoms with E-state index >= 15 is 0 Å². The number of nitrogens with two attached hydrogens (primary N) is 1. The molecule has 2 rings (SSSR count). The molecule has 0 aromatic heterocycles. The standard InChI is InChI=1S/C14H28N2/c1-16-14-4-2-3-12(10-14)9-11-5-7-13(15)8-6-11/h11-14,16H,2-10,15H2,1H3. The lowest BCUT2D eigenvalue weighted by atomic mass is 9.75. The molecule has 2 unspecified atom stereocenters. The predicted octanol–water partition coefficient (Wildman–Crippen LogP) is 2.67. The highest BCUT2D eigenvalue weighted by Gasteiger charge is 2.25. The SMILES string of the molecule is CNC1CCCC(CC2CCC(N)CC2)C1. The Morgan fingerprint density at radius 1 is 1.00 bits per heavy atom. The van der Waals surface area contributed by atoms with Gasteiger partial charge in [-0.3, -0.25) is 0 Å². The van der Waals surface area contributed by atoms with Crippen LogP contribution in [-0.4, -0.2) is 19.1 Å². The lowest BCUT2D eigenvalue weighted by Gasteiger charge is -2.33. The van der Waals surface area contributed by atoms with Crippen LogP contribution in [0.2, 0.25) is 0 Å². The average molecular weight is 224 g/mol. The molecule has 3 N–H and O–H groups in total. The topological polar surface area (TPSA) is 38.0 Å². The van der Waals surface area contributed by atoms with Crippen molar-refractivity contribution in [2.75, 3.05) is 7.05 Å². The Morgan fingerprint density at radius 2 is 1.75 bits per heavy atom. The number of nitrogens with one attached hydrogen (secondary N) is 1. The maximum atomic E-state index is 5.96. The molecular formula is C14H28N2. The minimum Gasteiger partial charge on any atom is -0.328 e. The van der Waals surface area contributed by atoms with Gasteiger partial charge in [0, 0.05) is 12.1 Å². The van der Waals surface area contributed by atoms with Crippen molar-refractivity contribution < 1.29 is 0 Å². The van der Waals surface area contributed by atoms with Crippen molar-refractivity contribution in [2.24, 2.45) is 17.6 Å². The minimum atomic E-state index is 0.507. The molecule has 94 valence electrons. The summed E-state index contributed by atoms with van der Waals surface area (Å²) in [5.74, 6) is 1.98. The fourth-order valence-electron chi connectivity index (χ4n) is 3.66. The van der Waals surface area contributed by atoms with Crippen LogP contribution in [-0.2, 0) is 0 Å². The normalized spacial score (nSPS) is 40.9. The number of hydrogen-bond acceptors (Lipinski definition) is 2. The summed E-state index contributed by atoms with van der Waals surface area (Å²) in [6, 6.07) is 1.30. The second-order valence-corrected chi connectivity index (χ2v) is 6.03. The van der Waals surface area contributed by atoms with E-state index in [4.69, 9.17) is 5.73 Å². The molecule has 2 saturated carbocycles. The Balaban J connectivity index is 1.72. The Labute approximate surface area is 100 Å². The summed E-state index contributed by atoms with van der Waals surface area (Å²) in [4.78, 5) is 0. The molecule has 0 spiro atoms. The molecule has 2 atom stereocenters. The molecule has 0 aliphatic heterocycles. The van der Waals surface area contributed by atoms with Gasteiger partial charge >= 0.3 is 0 Å². The summed E-state index contributed by atoms with van der Waals surface area (Å²) in [7, 11) is 2.12. The molecule has 16 heavy (non-hydrogen) atoms. The van der Waals surface area contributed by atoms with Crippen LogP contribution in [0.5, 0.6) is 0 Å². The Kier molecular flexibility index (Phi) is 4.66. The molecule has 0 aromatic rings. The van der Waals surface area contributed by atoms with Crippen molar-refractivity contribution >= 4 is 0 Å². The van der Waals surface area contributed by atoms with Gasteiger partial charge in [0.15, 0.2) is 0 Å². The maximum absolute atomic E-state index is 5.96. The van der Waals surface area contributed by atoms with Gasteiger partial charge in [0.25, 0.3) is 0 Å². The molecule has 0 bridgehead atoms. The molecule has 2 nitrogen and oxygen atoms in total. The molecule has 0 radical (unpaired) electrons. The van der Waals surface area contributed by atoms with Gasteiger partial charge in [-0.05, 0) is 63.8 Å². The highest BCUT2D eigenvalue weighted by Crippen LogP contribution is 2.34. The first-order chi connectivity index (χ1) is 7.78. The second-order valence-electron chi connectivity index (χ2n) is 6.03. The molecule has 0 saturated heterocycles. The highest BCUT2D eigenvalue weighted by atomic mass is 14.9. The van der Waals surface area contributed by atoms with Crippen molar-refractivity contribution in [3.05, 3.63) is 0 Å². The second kappa shape index (κ2) is 6.02. The van der Waals surface area contributed by atoms with Crippen LogP contribution in [0.4, 0.5) is 0 Å². The summed E-state index contributed by atoms with van der Waals surface area (Å²) in [6.45, 7) is 0. The van der Waals surface area contributed by atoms with Gasteiger partial charge in [0.05, 0.1) is 0 Å². The van der Waals surface area contributed by atoms with E-state index in [2.05, 4.69) is 12.4 Å². The van der Waals surface area contributed by atoms with Gasteiger partial charge in [0.2, 0.25) is 0 Å². The Hall–Kier alpha value is -0.0800. The van der Waals surface area contributed by atoms with E-state index in [1.165, 1.54) is 57.8 Å². The number of rotatable bonds is 3. The summed E-state index contributed by atoms with van der Waals surface area (Å²) >= 11 is 0. The molecule has 0 aromatic carbocycles. The fraction of sp³-hybridized carbons (Fsp3) is 1.00. The Bertz CT molecular complexity index is 197. The van der Waals surface area contributed by atoms with Gasteiger partial charge in [-0.15, -0.1) is 0 Å². The van der Waals surface area contributed by atoms with Crippen molar-refractivity contribution in [2.45, 2.75) is 69.9 Å². The fourth-order valence-corrected chi connectivity index (χ4v) is 3.66. The summed E-state index contributed by atoms with van der Waals surface area (Å²) in [5.41, 5.74) is 5.96. The van der Waals surface area contributed by atoms with Crippen LogP contribution in [0, 0.1) is 11.8 Å². The van der Waals surface area contributed by atoms with E-state index in [1.807, 2.05) is 0 Å². The largest absolute Gasteiger partial charge is 0.328 e. The monoisotopic (exact) mass is 224 g/mol. The van der Waals surface area contributed by atoms with Crippen LogP contribution in [0.1, 0.15) is 57.8 Å². The van der Waals surface area contributed by atoms with Gasteiger partial charge in [-0.2, -0.15) is 0 Å². The van der Waals surface area contributed by atoms with Crippen LogP contribution >= 0.6 is 0 Å². The van der Waals surface area contributed by atoms with Gasteiger partial charge in [-0.25, -0.2) is 0 Å². The van der Waals surface area contributed by atoms with Crippen LogP contribution in [0.15, 0.2) is 0 Å². The smallest absolute Gasteiger partial charge is 0.00667 e. The van der Waals surface area contributed by atoms with Crippen molar-refractivity contribution in [3.63, 3.8) is 0 Å². The molecule has 2 fully saturated rings. The third-order valence-electron chi connectivity index (χ3n) is 4.75. The third kappa shape index (κ3) is 3.46. The van der Waals surface area contributed by atoms with E-state index in [9.17, 15) is 0 Å². The van der Waals surface area contributed by atoms with Gasteiger partial charge in [0.1, 0.15) is 0 Å². The first-order valence-corrected chi connectivity index (χ1v) is 7.20. The van der Waals surface area contributed by atoms with Crippen molar-refractivity contribution in [1.82, 2.24) is 5.32 Å². The maximum Gasteiger partial charge on any atom is 0.00667 e. The van der Waals surface area contributed by atoms with E-state index in [-0.39, 0.29) is 0 Å². The molecule has 0 heterocycles. The van der Waals surface area contributed by atoms with E-state index in [0.717, 1.165) is 17.9 Å². The minimum absolute atomic E-state index is 0.507. The third-order valence-corrected chi connectivity index (χ3v) is 4.75. The quantitative estimate of drug-likeness (QED) is 0.773. The summed E-state index contributed by atoms with van der Waals surface area (Å²) in [5, 5.41) is 3.46. The zero-order chi connectivity index (χ0) is 11.4. The zero-order valence-electron chi connectivity index (χ0n) is 10.8. The molecule has 2 aliphatic rings. The number of hydrogen-bond donors (Lipinski definition) is 2. The zero-order valence-corrected chi connectivity index (χ0v) is 10.8. The highest BCUT2D eigenvalue weighted by molar-refractivity contribution is 4.81. The molecule has 2 aliphatic carbocycles.